The molecule has 0 aliphatic heterocycles. The van der Waals surface area contributed by atoms with Gasteiger partial charge in [0.05, 0.1) is 5.38 Å². The molecule has 0 amide bonds. The second-order valence-corrected chi connectivity index (χ2v) is 4.04. The monoisotopic (exact) mass is 254 g/mol. The van der Waals surface area contributed by atoms with E-state index in [-0.39, 0.29) is 6.42 Å². The van der Waals surface area contributed by atoms with Crippen LogP contribution in [0.1, 0.15) is 16.8 Å². The molecule has 0 saturated heterocycles. The van der Waals surface area contributed by atoms with Crippen LogP contribution >= 0.6 is 11.6 Å². The summed E-state index contributed by atoms with van der Waals surface area (Å²) in [6.07, 6.45) is 3.36. The maximum absolute atomic E-state index is 13.4. The van der Waals surface area contributed by atoms with Crippen LogP contribution in [0.4, 0.5) is 8.78 Å². The predicted octanol–water partition coefficient (Wildman–Crippen LogP) is 3.28. The van der Waals surface area contributed by atoms with E-state index in [4.69, 9.17) is 11.6 Å². The Morgan fingerprint density at radius 2 is 1.88 bits per heavy atom. The van der Waals surface area contributed by atoms with Crippen molar-refractivity contribution in [2.24, 2.45) is 0 Å². The van der Waals surface area contributed by atoms with Crippen molar-refractivity contribution < 1.29 is 8.78 Å². The standard InChI is InChI=1S/C12H9ClF2N2/c13-10(12-16-4-1-5-17-12)6-8-2-3-9(14)7-11(8)15/h1-5,7,10H,6H2. The summed E-state index contributed by atoms with van der Waals surface area (Å²) < 4.78 is 26.1. The zero-order valence-electron chi connectivity index (χ0n) is 8.78. The fourth-order valence-electron chi connectivity index (χ4n) is 1.44. The van der Waals surface area contributed by atoms with E-state index in [0.717, 1.165) is 6.07 Å². The minimum absolute atomic E-state index is 0.220. The summed E-state index contributed by atoms with van der Waals surface area (Å²) in [5.41, 5.74) is 0.346. The maximum Gasteiger partial charge on any atom is 0.146 e. The first-order chi connectivity index (χ1) is 8.16. The highest BCUT2D eigenvalue weighted by atomic mass is 35.5. The first kappa shape index (κ1) is 11.9. The number of nitrogens with zero attached hydrogens (tertiary/aromatic N) is 2. The lowest BCUT2D eigenvalue weighted by Gasteiger charge is -2.08. The molecule has 1 aromatic carbocycles. The van der Waals surface area contributed by atoms with Gasteiger partial charge in [-0.1, -0.05) is 6.07 Å². The highest BCUT2D eigenvalue weighted by Gasteiger charge is 2.14. The number of alkyl halides is 1. The van der Waals surface area contributed by atoms with Crippen molar-refractivity contribution >= 4 is 11.6 Å². The molecular weight excluding hydrogens is 246 g/mol. The topological polar surface area (TPSA) is 25.8 Å². The molecule has 0 spiro atoms. The number of hydrogen-bond donors (Lipinski definition) is 0. The van der Waals surface area contributed by atoms with Crippen molar-refractivity contribution in [3.63, 3.8) is 0 Å². The lowest BCUT2D eigenvalue weighted by atomic mass is 10.1. The molecule has 1 atom stereocenters. The Bertz CT molecular complexity index is 505. The Morgan fingerprint density at radius 1 is 1.18 bits per heavy atom. The van der Waals surface area contributed by atoms with Crippen LogP contribution in [0.3, 0.4) is 0 Å². The van der Waals surface area contributed by atoms with Gasteiger partial charge in [-0.05, 0) is 24.1 Å². The van der Waals surface area contributed by atoms with Gasteiger partial charge >= 0.3 is 0 Å². The van der Waals surface area contributed by atoms with Gasteiger partial charge in [0.2, 0.25) is 0 Å². The molecule has 0 aliphatic carbocycles. The lowest BCUT2D eigenvalue weighted by Crippen LogP contribution is -2.03. The molecule has 1 heterocycles. The molecule has 0 fully saturated rings. The Kier molecular flexibility index (Phi) is 3.64. The number of halogens is 3. The Balaban J connectivity index is 2.16. The summed E-state index contributed by atoms with van der Waals surface area (Å²) in [6, 6.07) is 5.09. The first-order valence-electron chi connectivity index (χ1n) is 5.01. The number of rotatable bonds is 3. The van der Waals surface area contributed by atoms with Crippen LogP contribution in [0.15, 0.2) is 36.7 Å². The molecule has 5 heteroatoms. The van der Waals surface area contributed by atoms with E-state index < -0.39 is 17.0 Å². The van der Waals surface area contributed by atoms with Crippen LogP contribution in [0, 0.1) is 11.6 Å². The van der Waals surface area contributed by atoms with E-state index in [0.29, 0.717) is 11.4 Å². The summed E-state index contributed by atoms with van der Waals surface area (Å²) in [5, 5.41) is -0.531. The average Bonchev–Trinajstić information content (AvgIpc) is 2.34. The minimum atomic E-state index is -0.605. The van der Waals surface area contributed by atoms with Crippen molar-refractivity contribution in [2.45, 2.75) is 11.8 Å². The van der Waals surface area contributed by atoms with Crippen molar-refractivity contribution in [1.82, 2.24) is 9.97 Å². The van der Waals surface area contributed by atoms with Crippen molar-refractivity contribution in [3.8, 4) is 0 Å². The van der Waals surface area contributed by atoms with Crippen molar-refractivity contribution in [2.75, 3.05) is 0 Å². The van der Waals surface area contributed by atoms with Crippen LogP contribution in [-0.4, -0.2) is 9.97 Å². The molecule has 0 N–H and O–H groups in total. The van der Waals surface area contributed by atoms with Gasteiger partial charge in [0, 0.05) is 18.5 Å². The second-order valence-electron chi connectivity index (χ2n) is 3.51. The van der Waals surface area contributed by atoms with Crippen LogP contribution in [-0.2, 0) is 6.42 Å². The highest BCUT2D eigenvalue weighted by molar-refractivity contribution is 6.20. The normalized spacial score (nSPS) is 12.4. The fraction of sp³-hybridized carbons (Fsp3) is 0.167. The number of benzene rings is 1. The van der Waals surface area contributed by atoms with Gasteiger partial charge in [-0.15, -0.1) is 11.6 Å². The molecule has 0 aliphatic rings. The number of aromatic nitrogens is 2. The SMILES string of the molecule is Fc1ccc(CC(Cl)c2ncccn2)c(F)c1. The van der Waals surface area contributed by atoms with Crippen LogP contribution in [0.25, 0.3) is 0 Å². The van der Waals surface area contributed by atoms with Crippen molar-refractivity contribution in [3.05, 3.63) is 59.7 Å². The van der Waals surface area contributed by atoms with E-state index in [2.05, 4.69) is 9.97 Å². The van der Waals surface area contributed by atoms with E-state index in [9.17, 15) is 8.78 Å². The quantitative estimate of drug-likeness (QED) is 0.786. The van der Waals surface area contributed by atoms with E-state index in [1.54, 1.807) is 18.5 Å². The maximum atomic E-state index is 13.4. The molecule has 2 nitrogen and oxygen atoms in total. The third-order valence-electron chi connectivity index (χ3n) is 2.28. The van der Waals surface area contributed by atoms with Crippen molar-refractivity contribution in [1.29, 1.82) is 0 Å². The van der Waals surface area contributed by atoms with Gasteiger partial charge in [-0.25, -0.2) is 18.7 Å². The Morgan fingerprint density at radius 3 is 2.53 bits per heavy atom. The Hall–Kier alpha value is -1.55. The summed E-state index contributed by atoms with van der Waals surface area (Å²) in [5.74, 6) is -0.780. The zero-order valence-corrected chi connectivity index (χ0v) is 9.53. The summed E-state index contributed by atoms with van der Waals surface area (Å²) in [7, 11) is 0. The molecular formula is C12H9ClF2N2. The molecule has 0 saturated carbocycles. The molecule has 0 radical (unpaired) electrons. The lowest BCUT2D eigenvalue weighted by molar-refractivity contribution is 0.569. The van der Waals surface area contributed by atoms with Crippen LogP contribution in [0.2, 0.25) is 0 Å². The zero-order chi connectivity index (χ0) is 12.3. The van der Waals surface area contributed by atoms with E-state index >= 15 is 0 Å². The summed E-state index contributed by atoms with van der Waals surface area (Å²) >= 11 is 6.07. The summed E-state index contributed by atoms with van der Waals surface area (Å²) in [4.78, 5) is 7.96. The number of hydrogen-bond acceptors (Lipinski definition) is 2. The van der Waals surface area contributed by atoms with Gasteiger partial charge in [-0.2, -0.15) is 0 Å². The molecule has 2 aromatic rings. The van der Waals surface area contributed by atoms with Gasteiger partial charge < -0.3 is 0 Å². The molecule has 0 bridgehead atoms. The average molecular weight is 255 g/mol. The van der Waals surface area contributed by atoms with E-state index in [1.165, 1.54) is 12.1 Å². The third-order valence-corrected chi connectivity index (χ3v) is 2.63. The highest BCUT2D eigenvalue weighted by Crippen LogP contribution is 2.23. The largest absolute Gasteiger partial charge is 0.240 e. The fourth-order valence-corrected chi connectivity index (χ4v) is 1.72. The van der Waals surface area contributed by atoms with Gasteiger partial charge in [0.25, 0.3) is 0 Å². The van der Waals surface area contributed by atoms with E-state index in [1.807, 2.05) is 0 Å². The third kappa shape index (κ3) is 2.97. The minimum Gasteiger partial charge on any atom is -0.240 e. The van der Waals surface area contributed by atoms with Crippen LogP contribution < -0.4 is 0 Å². The first-order valence-corrected chi connectivity index (χ1v) is 5.45. The summed E-state index contributed by atoms with van der Waals surface area (Å²) in [6.45, 7) is 0. The molecule has 17 heavy (non-hydrogen) atoms. The molecule has 88 valence electrons. The van der Waals surface area contributed by atoms with Gasteiger partial charge in [0.1, 0.15) is 17.5 Å². The molecule has 1 aromatic heterocycles. The van der Waals surface area contributed by atoms with Gasteiger partial charge in [-0.3, -0.25) is 0 Å². The second kappa shape index (κ2) is 5.19. The molecule has 2 rings (SSSR count). The molecule has 1 unspecified atom stereocenters. The Labute approximate surface area is 102 Å². The van der Waals surface area contributed by atoms with Crippen LogP contribution in [0.5, 0.6) is 0 Å². The predicted molar refractivity (Wildman–Crippen MR) is 60.7 cm³/mol. The van der Waals surface area contributed by atoms with Gasteiger partial charge in [0.15, 0.2) is 0 Å². The smallest absolute Gasteiger partial charge is 0.146 e.